The number of aliphatic imine (C=N–C) groups is 1. The number of carbonyl (C=O) groups is 1. The molecule has 1 aliphatic heterocycles. The molecule has 0 saturated carbocycles. The molecule has 0 bridgehead atoms. The molecule has 0 amide bonds. The first-order valence-electron chi connectivity index (χ1n) is 4.13. The summed E-state index contributed by atoms with van der Waals surface area (Å²) in [4.78, 5) is 14.4. The van der Waals surface area contributed by atoms with E-state index in [0.717, 1.165) is 12.8 Å². The van der Waals surface area contributed by atoms with E-state index in [0.29, 0.717) is 12.5 Å². The molecular formula is C8H13NO3. The van der Waals surface area contributed by atoms with Gasteiger partial charge in [0.15, 0.2) is 5.90 Å². The molecule has 4 nitrogen and oxygen atoms in total. The van der Waals surface area contributed by atoms with E-state index < -0.39 is 5.97 Å². The van der Waals surface area contributed by atoms with E-state index in [1.807, 2.05) is 0 Å². The van der Waals surface area contributed by atoms with E-state index in [2.05, 4.69) is 11.9 Å². The highest BCUT2D eigenvalue weighted by Crippen LogP contribution is 2.11. The first-order chi connectivity index (χ1) is 5.72. The number of aliphatic carboxylic acids is 1. The molecule has 12 heavy (non-hydrogen) atoms. The highest BCUT2D eigenvalue weighted by atomic mass is 16.5. The van der Waals surface area contributed by atoms with Gasteiger partial charge in [0.05, 0.1) is 6.04 Å². The van der Waals surface area contributed by atoms with Crippen LogP contribution >= 0.6 is 0 Å². The van der Waals surface area contributed by atoms with Crippen LogP contribution in [0.25, 0.3) is 0 Å². The summed E-state index contributed by atoms with van der Waals surface area (Å²) >= 11 is 0. The van der Waals surface area contributed by atoms with Gasteiger partial charge in [-0.25, -0.2) is 4.99 Å². The van der Waals surface area contributed by atoms with Crippen LogP contribution in [0.1, 0.15) is 26.2 Å². The Morgan fingerprint density at radius 1 is 1.83 bits per heavy atom. The third kappa shape index (κ3) is 2.53. The van der Waals surface area contributed by atoms with Gasteiger partial charge >= 0.3 is 5.97 Å². The lowest BCUT2D eigenvalue weighted by Gasteiger charge is -1.99. The minimum Gasteiger partial charge on any atom is -0.481 e. The maximum Gasteiger partial charge on any atom is 0.312 e. The van der Waals surface area contributed by atoms with Crippen LogP contribution in [0, 0.1) is 0 Å². The average Bonchev–Trinajstić information content (AvgIpc) is 2.36. The lowest BCUT2D eigenvalue weighted by Crippen LogP contribution is -2.07. The Hall–Kier alpha value is -1.06. The van der Waals surface area contributed by atoms with Crippen molar-refractivity contribution < 1.29 is 14.6 Å². The summed E-state index contributed by atoms with van der Waals surface area (Å²) in [5, 5.41) is 8.43. The summed E-state index contributed by atoms with van der Waals surface area (Å²) in [6.07, 6.45) is 1.95. The van der Waals surface area contributed by atoms with Crippen LogP contribution in [0.15, 0.2) is 4.99 Å². The largest absolute Gasteiger partial charge is 0.481 e. The number of carboxylic acid groups (broad SMARTS) is 1. The van der Waals surface area contributed by atoms with Gasteiger partial charge in [0.2, 0.25) is 0 Å². The molecule has 0 aromatic rings. The lowest BCUT2D eigenvalue weighted by atomic mass is 10.2. The van der Waals surface area contributed by atoms with Crippen LogP contribution in [-0.4, -0.2) is 29.6 Å². The molecule has 0 aliphatic carbocycles. The number of nitrogens with zero attached hydrogens (tertiary/aromatic N) is 1. The Balaban J connectivity index is 2.37. The van der Waals surface area contributed by atoms with Crippen molar-refractivity contribution in [2.24, 2.45) is 4.99 Å². The molecule has 4 heteroatoms. The molecule has 0 aromatic carbocycles. The van der Waals surface area contributed by atoms with Crippen LogP contribution in [0.2, 0.25) is 0 Å². The fraction of sp³-hybridized carbons (Fsp3) is 0.750. The van der Waals surface area contributed by atoms with Crippen molar-refractivity contribution in [3.05, 3.63) is 0 Å². The zero-order chi connectivity index (χ0) is 8.97. The SMILES string of the molecule is CCCC1COC(CC(=O)O)=N1. The molecule has 1 heterocycles. The van der Waals surface area contributed by atoms with Crippen LogP contribution in [0.3, 0.4) is 0 Å². The van der Waals surface area contributed by atoms with E-state index in [-0.39, 0.29) is 12.5 Å². The van der Waals surface area contributed by atoms with Gasteiger partial charge in [-0.05, 0) is 6.42 Å². The second kappa shape index (κ2) is 4.09. The van der Waals surface area contributed by atoms with E-state index in [9.17, 15) is 4.79 Å². The van der Waals surface area contributed by atoms with Gasteiger partial charge in [0, 0.05) is 0 Å². The zero-order valence-electron chi connectivity index (χ0n) is 7.12. The van der Waals surface area contributed by atoms with Gasteiger partial charge in [-0.2, -0.15) is 0 Å². The summed E-state index contributed by atoms with van der Waals surface area (Å²) in [6.45, 7) is 2.63. The van der Waals surface area contributed by atoms with Crippen molar-refractivity contribution >= 4 is 11.9 Å². The summed E-state index contributed by atoms with van der Waals surface area (Å²) < 4.78 is 5.10. The van der Waals surface area contributed by atoms with Gasteiger partial charge < -0.3 is 9.84 Å². The molecule has 0 fully saturated rings. The van der Waals surface area contributed by atoms with E-state index in [4.69, 9.17) is 9.84 Å². The van der Waals surface area contributed by atoms with Gasteiger partial charge in [0.1, 0.15) is 13.0 Å². The molecule has 1 aliphatic rings. The maximum absolute atomic E-state index is 10.3. The van der Waals surface area contributed by atoms with Crippen LogP contribution in [0.5, 0.6) is 0 Å². The summed E-state index contributed by atoms with van der Waals surface area (Å²) in [5.41, 5.74) is 0. The molecule has 0 spiro atoms. The first kappa shape index (κ1) is 9.03. The third-order valence-electron chi connectivity index (χ3n) is 1.69. The quantitative estimate of drug-likeness (QED) is 0.688. The van der Waals surface area contributed by atoms with Crippen molar-refractivity contribution in [2.45, 2.75) is 32.2 Å². The molecule has 1 N–H and O–H groups in total. The van der Waals surface area contributed by atoms with Crippen molar-refractivity contribution in [1.82, 2.24) is 0 Å². The maximum atomic E-state index is 10.3. The average molecular weight is 171 g/mol. The number of ether oxygens (including phenoxy) is 1. The van der Waals surface area contributed by atoms with Gasteiger partial charge in [-0.3, -0.25) is 4.79 Å². The smallest absolute Gasteiger partial charge is 0.312 e. The Kier molecular flexibility index (Phi) is 3.08. The fourth-order valence-electron chi connectivity index (χ4n) is 1.18. The highest BCUT2D eigenvalue weighted by Gasteiger charge is 2.19. The van der Waals surface area contributed by atoms with Crippen LogP contribution in [0.4, 0.5) is 0 Å². The van der Waals surface area contributed by atoms with E-state index >= 15 is 0 Å². The number of hydrogen-bond donors (Lipinski definition) is 1. The Labute approximate surface area is 71.3 Å². The Bertz CT molecular complexity index is 200. The normalized spacial score (nSPS) is 21.8. The molecule has 0 radical (unpaired) electrons. The molecule has 68 valence electrons. The third-order valence-corrected chi connectivity index (χ3v) is 1.69. The molecule has 1 unspecified atom stereocenters. The first-order valence-corrected chi connectivity index (χ1v) is 4.13. The van der Waals surface area contributed by atoms with Crippen LogP contribution < -0.4 is 0 Å². The Morgan fingerprint density at radius 3 is 3.17 bits per heavy atom. The molecular weight excluding hydrogens is 158 g/mol. The molecule has 1 rings (SSSR count). The minimum atomic E-state index is -0.883. The summed E-state index contributed by atoms with van der Waals surface area (Å²) in [6, 6.07) is 0.185. The second-order valence-electron chi connectivity index (χ2n) is 2.85. The van der Waals surface area contributed by atoms with E-state index in [1.54, 1.807) is 0 Å². The standard InChI is InChI=1S/C8H13NO3/c1-2-3-6-5-12-7(9-6)4-8(10)11/h6H,2-5H2,1H3,(H,10,11). The van der Waals surface area contributed by atoms with Crippen molar-refractivity contribution in [3.63, 3.8) is 0 Å². The van der Waals surface area contributed by atoms with Crippen LogP contribution in [-0.2, 0) is 9.53 Å². The van der Waals surface area contributed by atoms with E-state index in [1.165, 1.54) is 0 Å². The van der Waals surface area contributed by atoms with Crippen molar-refractivity contribution in [2.75, 3.05) is 6.61 Å². The summed E-state index contributed by atoms with van der Waals surface area (Å²) in [5.74, 6) is -0.508. The zero-order valence-corrected chi connectivity index (χ0v) is 7.12. The lowest BCUT2D eigenvalue weighted by molar-refractivity contribution is -0.135. The minimum absolute atomic E-state index is 0.0831. The predicted octanol–water partition coefficient (Wildman–Crippen LogP) is 1.06. The van der Waals surface area contributed by atoms with Gasteiger partial charge in [0.25, 0.3) is 0 Å². The second-order valence-corrected chi connectivity index (χ2v) is 2.85. The summed E-state index contributed by atoms with van der Waals surface area (Å²) in [7, 11) is 0. The molecule has 1 atom stereocenters. The predicted molar refractivity (Wildman–Crippen MR) is 44.3 cm³/mol. The van der Waals surface area contributed by atoms with Gasteiger partial charge in [-0.15, -0.1) is 0 Å². The van der Waals surface area contributed by atoms with Crippen molar-refractivity contribution in [1.29, 1.82) is 0 Å². The number of hydrogen-bond acceptors (Lipinski definition) is 3. The number of carboxylic acids is 1. The fourth-order valence-corrected chi connectivity index (χ4v) is 1.18. The number of rotatable bonds is 4. The van der Waals surface area contributed by atoms with Gasteiger partial charge in [-0.1, -0.05) is 13.3 Å². The molecule has 0 aromatic heterocycles. The highest BCUT2D eigenvalue weighted by molar-refractivity contribution is 5.94. The molecule has 0 saturated heterocycles. The Morgan fingerprint density at radius 2 is 2.58 bits per heavy atom. The topological polar surface area (TPSA) is 58.9 Å². The monoisotopic (exact) mass is 171 g/mol. The van der Waals surface area contributed by atoms with Crippen molar-refractivity contribution in [3.8, 4) is 0 Å².